The van der Waals surface area contributed by atoms with Gasteiger partial charge in [-0.1, -0.05) is 6.92 Å². The first-order valence-electron chi connectivity index (χ1n) is 8.20. The Morgan fingerprint density at radius 2 is 2.16 bits per heavy atom. The van der Waals surface area contributed by atoms with Crippen molar-refractivity contribution in [2.45, 2.75) is 64.6 Å². The highest BCUT2D eigenvalue weighted by atomic mass is 16.5. The maximum atomic E-state index is 6.13. The van der Waals surface area contributed by atoms with Crippen molar-refractivity contribution in [3.63, 3.8) is 0 Å². The standard InChI is InChI=1S/C16H32N2O/c1-4-9-17-11-14-6-5-10-18(12-14)13-15-7-8-16(2,3)19-15/h14-15,17H,4-13H2,1-3H3. The summed E-state index contributed by atoms with van der Waals surface area (Å²) in [5, 5.41) is 3.57. The Morgan fingerprint density at radius 3 is 2.84 bits per heavy atom. The molecule has 112 valence electrons. The monoisotopic (exact) mass is 268 g/mol. The van der Waals surface area contributed by atoms with Crippen LogP contribution in [0.4, 0.5) is 0 Å². The molecule has 2 atom stereocenters. The predicted molar refractivity (Wildman–Crippen MR) is 80.5 cm³/mol. The second-order valence-electron chi connectivity index (χ2n) is 7.01. The van der Waals surface area contributed by atoms with Crippen LogP contribution in [0.3, 0.4) is 0 Å². The summed E-state index contributed by atoms with van der Waals surface area (Å²) in [6.07, 6.45) is 6.91. The second-order valence-corrected chi connectivity index (χ2v) is 7.01. The number of hydrogen-bond acceptors (Lipinski definition) is 3. The molecule has 0 aromatic rings. The van der Waals surface area contributed by atoms with E-state index in [-0.39, 0.29) is 5.60 Å². The van der Waals surface area contributed by atoms with Crippen LogP contribution in [0, 0.1) is 5.92 Å². The van der Waals surface area contributed by atoms with E-state index in [0.717, 1.165) is 19.0 Å². The lowest BCUT2D eigenvalue weighted by molar-refractivity contribution is -0.0328. The molecule has 0 aliphatic carbocycles. The van der Waals surface area contributed by atoms with Crippen LogP contribution in [-0.4, -0.2) is 49.3 Å². The molecule has 0 aromatic heterocycles. The Bertz CT molecular complexity index is 267. The van der Waals surface area contributed by atoms with Crippen molar-refractivity contribution in [3.8, 4) is 0 Å². The van der Waals surface area contributed by atoms with Gasteiger partial charge in [0.05, 0.1) is 11.7 Å². The summed E-state index contributed by atoms with van der Waals surface area (Å²) in [4.78, 5) is 2.63. The molecule has 2 fully saturated rings. The van der Waals surface area contributed by atoms with Gasteiger partial charge in [-0.3, -0.25) is 0 Å². The van der Waals surface area contributed by atoms with E-state index in [4.69, 9.17) is 4.74 Å². The fourth-order valence-corrected chi connectivity index (χ4v) is 3.46. The van der Waals surface area contributed by atoms with Gasteiger partial charge >= 0.3 is 0 Å². The molecule has 3 nitrogen and oxygen atoms in total. The average Bonchev–Trinajstić information content (AvgIpc) is 2.69. The molecule has 0 radical (unpaired) electrons. The van der Waals surface area contributed by atoms with E-state index in [1.807, 2.05) is 0 Å². The maximum Gasteiger partial charge on any atom is 0.0710 e. The Hall–Kier alpha value is -0.120. The lowest BCUT2D eigenvalue weighted by Gasteiger charge is -2.34. The summed E-state index contributed by atoms with van der Waals surface area (Å²) >= 11 is 0. The molecule has 2 aliphatic heterocycles. The van der Waals surface area contributed by atoms with Gasteiger partial charge in [0.25, 0.3) is 0 Å². The Balaban J connectivity index is 1.69. The molecule has 2 heterocycles. The van der Waals surface area contributed by atoms with Crippen LogP contribution in [-0.2, 0) is 4.74 Å². The van der Waals surface area contributed by atoms with Crippen LogP contribution in [0.1, 0.15) is 52.9 Å². The summed E-state index contributed by atoms with van der Waals surface area (Å²) in [6, 6.07) is 0. The van der Waals surface area contributed by atoms with Crippen molar-refractivity contribution in [2.75, 3.05) is 32.7 Å². The molecule has 19 heavy (non-hydrogen) atoms. The zero-order valence-electron chi connectivity index (χ0n) is 13.1. The molecule has 0 aromatic carbocycles. The minimum absolute atomic E-state index is 0.114. The summed E-state index contributed by atoms with van der Waals surface area (Å²) in [5.74, 6) is 0.842. The first-order chi connectivity index (χ1) is 9.09. The van der Waals surface area contributed by atoms with Crippen molar-refractivity contribution < 1.29 is 4.74 Å². The Labute approximate surface area is 119 Å². The van der Waals surface area contributed by atoms with Crippen LogP contribution in [0.5, 0.6) is 0 Å². The van der Waals surface area contributed by atoms with Crippen LogP contribution in [0.2, 0.25) is 0 Å². The van der Waals surface area contributed by atoms with Gasteiger partial charge in [-0.2, -0.15) is 0 Å². The molecule has 2 saturated heterocycles. The molecule has 0 spiro atoms. The molecular weight excluding hydrogens is 236 g/mol. The van der Waals surface area contributed by atoms with Crippen molar-refractivity contribution in [1.82, 2.24) is 10.2 Å². The molecule has 2 rings (SSSR count). The van der Waals surface area contributed by atoms with Crippen molar-refractivity contribution in [3.05, 3.63) is 0 Å². The molecule has 2 unspecified atom stereocenters. The molecule has 3 heteroatoms. The number of nitrogens with zero attached hydrogens (tertiary/aromatic N) is 1. The fraction of sp³-hybridized carbons (Fsp3) is 1.00. The van der Waals surface area contributed by atoms with Gasteiger partial charge in [0.1, 0.15) is 0 Å². The van der Waals surface area contributed by atoms with E-state index >= 15 is 0 Å². The third-order valence-electron chi connectivity index (χ3n) is 4.48. The van der Waals surface area contributed by atoms with Crippen LogP contribution >= 0.6 is 0 Å². The molecule has 0 amide bonds. The third kappa shape index (κ3) is 5.05. The van der Waals surface area contributed by atoms with E-state index in [2.05, 4.69) is 31.0 Å². The SMILES string of the molecule is CCCNCC1CCCN(CC2CCC(C)(C)O2)C1. The number of hydrogen-bond donors (Lipinski definition) is 1. The average molecular weight is 268 g/mol. The van der Waals surface area contributed by atoms with E-state index in [9.17, 15) is 0 Å². The molecule has 0 saturated carbocycles. The largest absolute Gasteiger partial charge is 0.371 e. The van der Waals surface area contributed by atoms with Gasteiger partial charge in [0.15, 0.2) is 0 Å². The highest BCUT2D eigenvalue weighted by Crippen LogP contribution is 2.30. The minimum atomic E-state index is 0.114. The maximum absolute atomic E-state index is 6.13. The minimum Gasteiger partial charge on any atom is -0.371 e. The van der Waals surface area contributed by atoms with E-state index < -0.39 is 0 Å². The number of ether oxygens (including phenoxy) is 1. The Kier molecular flexibility index (Phi) is 5.67. The molecule has 0 bridgehead atoms. The number of rotatable bonds is 6. The van der Waals surface area contributed by atoms with Gasteiger partial charge < -0.3 is 15.0 Å². The summed E-state index contributed by atoms with van der Waals surface area (Å²) in [5.41, 5.74) is 0.114. The van der Waals surface area contributed by atoms with E-state index in [0.29, 0.717) is 6.10 Å². The molecular formula is C16H32N2O. The first kappa shape index (κ1) is 15.3. The lowest BCUT2D eigenvalue weighted by Crippen LogP contribution is -2.43. The quantitative estimate of drug-likeness (QED) is 0.750. The Morgan fingerprint density at radius 1 is 1.32 bits per heavy atom. The summed E-state index contributed by atoms with van der Waals surface area (Å²) in [6.45, 7) is 12.7. The van der Waals surface area contributed by atoms with Gasteiger partial charge in [0.2, 0.25) is 0 Å². The van der Waals surface area contributed by atoms with Gasteiger partial charge in [0, 0.05) is 13.1 Å². The van der Waals surface area contributed by atoms with Gasteiger partial charge in [-0.25, -0.2) is 0 Å². The van der Waals surface area contributed by atoms with Crippen LogP contribution in [0.25, 0.3) is 0 Å². The first-order valence-corrected chi connectivity index (χ1v) is 8.20. The zero-order valence-corrected chi connectivity index (χ0v) is 13.1. The number of likely N-dealkylation sites (tertiary alicyclic amines) is 1. The molecule has 1 N–H and O–H groups in total. The fourth-order valence-electron chi connectivity index (χ4n) is 3.46. The molecule has 2 aliphatic rings. The van der Waals surface area contributed by atoms with Crippen LogP contribution < -0.4 is 5.32 Å². The van der Waals surface area contributed by atoms with Crippen molar-refractivity contribution in [2.24, 2.45) is 5.92 Å². The normalized spacial score (nSPS) is 31.7. The zero-order chi connectivity index (χ0) is 13.7. The highest BCUT2D eigenvalue weighted by molar-refractivity contribution is 4.84. The van der Waals surface area contributed by atoms with E-state index in [1.165, 1.54) is 51.7 Å². The topological polar surface area (TPSA) is 24.5 Å². The van der Waals surface area contributed by atoms with Gasteiger partial charge in [-0.15, -0.1) is 0 Å². The van der Waals surface area contributed by atoms with E-state index in [1.54, 1.807) is 0 Å². The van der Waals surface area contributed by atoms with Crippen LogP contribution in [0.15, 0.2) is 0 Å². The summed E-state index contributed by atoms with van der Waals surface area (Å²) < 4.78 is 6.13. The van der Waals surface area contributed by atoms with Gasteiger partial charge in [-0.05, 0) is 71.5 Å². The lowest BCUT2D eigenvalue weighted by atomic mass is 9.97. The van der Waals surface area contributed by atoms with Crippen molar-refractivity contribution in [1.29, 1.82) is 0 Å². The number of nitrogens with one attached hydrogen (secondary N) is 1. The predicted octanol–water partition coefficient (Wildman–Crippen LogP) is 2.66. The van der Waals surface area contributed by atoms with Crippen molar-refractivity contribution >= 4 is 0 Å². The summed E-state index contributed by atoms with van der Waals surface area (Å²) in [7, 11) is 0. The second kappa shape index (κ2) is 7.05. The highest BCUT2D eigenvalue weighted by Gasteiger charge is 2.33. The number of piperidine rings is 1. The smallest absolute Gasteiger partial charge is 0.0710 e. The third-order valence-corrected chi connectivity index (χ3v) is 4.48.